The van der Waals surface area contributed by atoms with Crippen LogP contribution >= 0.6 is 0 Å². The molecule has 6 nitrogen and oxygen atoms in total. The highest BCUT2D eigenvalue weighted by Gasteiger charge is 2.29. The third kappa shape index (κ3) is 3.38. The Kier molecular flexibility index (Phi) is 4.90. The average molecular weight is 366 g/mol. The van der Waals surface area contributed by atoms with Crippen molar-refractivity contribution in [1.82, 2.24) is 0 Å². The first-order valence-electron chi connectivity index (χ1n) is 8.49. The van der Waals surface area contributed by atoms with Crippen molar-refractivity contribution in [2.45, 2.75) is 20.8 Å². The molecule has 1 N–H and O–H groups in total. The van der Waals surface area contributed by atoms with Gasteiger partial charge in [-0.15, -0.1) is 0 Å². The lowest BCUT2D eigenvalue weighted by Crippen LogP contribution is -2.21. The van der Waals surface area contributed by atoms with Crippen molar-refractivity contribution in [2.75, 3.05) is 19.2 Å². The van der Waals surface area contributed by atoms with Crippen molar-refractivity contribution in [3.05, 3.63) is 52.6 Å². The zero-order valence-electron chi connectivity index (χ0n) is 16.0. The number of hydrogen-bond acceptors (Lipinski definition) is 5. The zero-order valence-corrected chi connectivity index (χ0v) is 16.0. The molecule has 0 radical (unpaired) electrons. The number of aromatic hydroxyl groups is 1. The van der Waals surface area contributed by atoms with E-state index in [4.69, 9.17) is 9.47 Å². The number of carbonyl (C=O) groups is 1. The minimum atomic E-state index is -0.207. The van der Waals surface area contributed by atoms with Crippen LogP contribution in [0.3, 0.4) is 0 Å². The van der Waals surface area contributed by atoms with Crippen molar-refractivity contribution in [3.8, 4) is 17.2 Å². The molecule has 0 atom stereocenters. The molecule has 0 unspecified atom stereocenters. The third-order valence-electron chi connectivity index (χ3n) is 4.61. The van der Waals surface area contributed by atoms with Gasteiger partial charge in [0.25, 0.3) is 5.91 Å². The van der Waals surface area contributed by atoms with Gasteiger partial charge in [0.2, 0.25) is 5.75 Å². The number of carbonyl (C=O) groups excluding carboxylic acids is 1. The number of ether oxygens (including phenoxy) is 2. The van der Waals surface area contributed by atoms with Crippen LogP contribution < -0.4 is 14.5 Å². The number of nitrogens with zero attached hydrogens (tertiary/aromatic N) is 2. The highest BCUT2D eigenvalue weighted by Crippen LogP contribution is 2.38. The number of hydrogen-bond donors (Lipinski definition) is 1. The van der Waals surface area contributed by atoms with E-state index in [1.54, 1.807) is 25.1 Å². The van der Waals surface area contributed by atoms with E-state index in [0.29, 0.717) is 16.8 Å². The van der Waals surface area contributed by atoms with E-state index >= 15 is 0 Å². The van der Waals surface area contributed by atoms with Crippen LogP contribution in [0.15, 0.2) is 41.0 Å². The van der Waals surface area contributed by atoms with E-state index in [2.05, 4.69) is 5.10 Å². The third-order valence-corrected chi connectivity index (χ3v) is 4.61. The summed E-state index contributed by atoms with van der Waals surface area (Å²) < 4.78 is 10.4. The lowest BCUT2D eigenvalue weighted by atomic mass is 10.1. The Morgan fingerprint density at radius 2 is 1.63 bits per heavy atom. The van der Waals surface area contributed by atoms with Gasteiger partial charge in [0.15, 0.2) is 11.5 Å². The molecule has 0 saturated carbocycles. The smallest absolute Gasteiger partial charge is 0.280 e. The molecule has 0 spiro atoms. The van der Waals surface area contributed by atoms with Crippen LogP contribution in [-0.4, -0.2) is 30.9 Å². The molecule has 0 bridgehead atoms. The summed E-state index contributed by atoms with van der Waals surface area (Å²) in [6, 6.07) is 9.08. The molecule has 0 saturated heterocycles. The summed E-state index contributed by atoms with van der Waals surface area (Å²) in [5, 5.41) is 15.9. The van der Waals surface area contributed by atoms with Crippen LogP contribution in [0, 0.1) is 13.8 Å². The number of anilines is 1. The summed E-state index contributed by atoms with van der Waals surface area (Å²) in [6.45, 7) is 5.82. The molecule has 3 rings (SSSR count). The van der Waals surface area contributed by atoms with Crippen molar-refractivity contribution < 1.29 is 19.4 Å². The van der Waals surface area contributed by atoms with Crippen LogP contribution in [0.25, 0.3) is 6.08 Å². The minimum Gasteiger partial charge on any atom is -0.502 e. The molecule has 6 heteroatoms. The monoisotopic (exact) mass is 366 g/mol. The van der Waals surface area contributed by atoms with Crippen LogP contribution in [0.4, 0.5) is 5.69 Å². The Balaban J connectivity index is 2.00. The number of hydrazone groups is 1. The molecule has 0 aromatic heterocycles. The number of methoxy groups -OCH3 is 2. The van der Waals surface area contributed by atoms with Crippen LogP contribution in [0.5, 0.6) is 17.2 Å². The van der Waals surface area contributed by atoms with Gasteiger partial charge in [0.05, 0.1) is 31.2 Å². The predicted molar refractivity (Wildman–Crippen MR) is 106 cm³/mol. The lowest BCUT2D eigenvalue weighted by Gasteiger charge is -2.13. The maximum atomic E-state index is 12.9. The van der Waals surface area contributed by atoms with Crippen molar-refractivity contribution >= 4 is 23.4 Å². The van der Waals surface area contributed by atoms with Gasteiger partial charge in [-0.05, 0) is 67.8 Å². The average Bonchev–Trinajstić information content (AvgIpc) is 2.93. The summed E-state index contributed by atoms with van der Waals surface area (Å²) >= 11 is 0. The molecule has 1 aliphatic rings. The fraction of sp³-hybridized carbons (Fsp3) is 0.238. The maximum absolute atomic E-state index is 12.9. The molecular weight excluding hydrogens is 344 g/mol. The van der Waals surface area contributed by atoms with Gasteiger partial charge in [-0.2, -0.15) is 10.1 Å². The summed E-state index contributed by atoms with van der Waals surface area (Å²) in [7, 11) is 2.92. The largest absolute Gasteiger partial charge is 0.502 e. The van der Waals surface area contributed by atoms with E-state index in [1.165, 1.54) is 19.2 Å². The lowest BCUT2D eigenvalue weighted by molar-refractivity contribution is -0.114. The number of amides is 1. The molecule has 2 aromatic carbocycles. The first kappa shape index (κ1) is 18.5. The second-order valence-corrected chi connectivity index (χ2v) is 6.40. The van der Waals surface area contributed by atoms with Crippen LogP contribution in [0.1, 0.15) is 23.6 Å². The highest BCUT2D eigenvalue weighted by molar-refractivity contribution is 6.32. The van der Waals surface area contributed by atoms with E-state index in [9.17, 15) is 9.90 Å². The normalized spacial score (nSPS) is 15.3. The van der Waals surface area contributed by atoms with Gasteiger partial charge in [0, 0.05) is 0 Å². The Morgan fingerprint density at radius 1 is 1.00 bits per heavy atom. The number of rotatable bonds is 4. The second kappa shape index (κ2) is 7.15. The SMILES string of the molecule is COc1cc(/C=C2\C(=O)N(c3ccc(C)c(C)c3)N=C2C)cc(OC)c1O. The van der Waals surface area contributed by atoms with Crippen molar-refractivity contribution in [2.24, 2.45) is 5.10 Å². The minimum absolute atomic E-state index is 0.0814. The van der Waals surface area contributed by atoms with E-state index in [1.807, 2.05) is 32.0 Å². The molecule has 0 aliphatic carbocycles. The summed E-state index contributed by atoms with van der Waals surface area (Å²) in [5.74, 6) is 0.253. The first-order valence-corrected chi connectivity index (χ1v) is 8.49. The fourth-order valence-corrected chi connectivity index (χ4v) is 2.88. The van der Waals surface area contributed by atoms with Crippen molar-refractivity contribution in [1.29, 1.82) is 0 Å². The Labute approximate surface area is 158 Å². The Bertz CT molecular complexity index is 951. The number of phenolic OH excluding ortho intramolecular Hbond substituents is 1. The second-order valence-electron chi connectivity index (χ2n) is 6.40. The van der Waals surface area contributed by atoms with Gasteiger partial charge < -0.3 is 14.6 Å². The molecule has 0 fully saturated rings. The van der Waals surface area contributed by atoms with Crippen LogP contribution in [0.2, 0.25) is 0 Å². The highest BCUT2D eigenvalue weighted by atomic mass is 16.5. The molecule has 1 heterocycles. The van der Waals surface area contributed by atoms with E-state index in [0.717, 1.165) is 16.8 Å². The molecule has 140 valence electrons. The Hall–Kier alpha value is -3.28. The van der Waals surface area contributed by atoms with Crippen LogP contribution in [-0.2, 0) is 4.79 Å². The van der Waals surface area contributed by atoms with Gasteiger partial charge in [-0.1, -0.05) is 6.07 Å². The summed E-state index contributed by atoms with van der Waals surface area (Å²) in [6.07, 6.45) is 1.71. The molecule has 1 aliphatic heterocycles. The van der Waals surface area contributed by atoms with E-state index in [-0.39, 0.29) is 23.2 Å². The predicted octanol–water partition coefficient (Wildman–Crippen LogP) is 3.83. The van der Waals surface area contributed by atoms with Gasteiger partial charge in [-0.25, -0.2) is 0 Å². The quantitative estimate of drug-likeness (QED) is 0.835. The number of aryl methyl sites for hydroxylation is 2. The molecule has 27 heavy (non-hydrogen) atoms. The topological polar surface area (TPSA) is 71.4 Å². The molecule has 2 aromatic rings. The molecule has 1 amide bonds. The number of phenols is 1. The number of benzene rings is 2. The summed E-state index contributed by atoms with van der Waals surface area (Å²) in [4.78, 5) is 12.9. The fourth-order valence-electron chi connectivity index (χ4n) is 2.88. The standard InChI is InChI=1S/C21H22N2O4/c1-12-6-7-16(8-13(12)2)23-21(25)17(14(3)22-23)9-15-10-18(26-4)20(24)19(11-15)27-5/h6-11,24H,1-5H3/b17-9-. The Morgan fingerprint density at radius 3 is 2.19 bits per heavy atom. The van der Waals surface area contributed by atoms with Crippen molar-refractivity contribution in [3.63, 3.8) is 0 Å². The molecular formula is C21H22N2O4. The maximum Gasteiger partial charge on any atom is 0.280 e. The zero-order chi connectivity index (χ0) is 19.7. The van der Waals surface area contributed by atoms with Gasteiger partial charge >= 0.3 is 0 Å². The van der Waals surface area contributed by atoms with E-state index < -0.39 is 0 Å². The van der Waals surface area contributed by atoms with Gasteiger partial charge in [-0.3, -0.25) is 4.79 Å². The summed E-state index contributed by atoms with van der Waals surface area (Å²) in [5.41, 5.74) is 4.74. The van der Waals surface area contributed by atoms with Gasteiger partial charge in [0.1, 0.15) is 0 Å². The first-order chi connectivity index (χ1) is 12.8.